The van der Waals surface area contributed by atoms with Gasteiger partial charge in [-0.15, -0.1) is 0 Å². The van der Waals surface area contributed by atoms with E-state index in [1.807, 2.05) is 42.5 Å². The van der Waals surface area contributed by atoms with Crippen LogP contribution in [-0.4, -0.2) is 15.0 Å². The largest absolute Gasteiger partial charge is 0.456 e. The molecule has 0 aliphatic rings. The van der Waals surface area contributed by atoms with Gasteiger partial charge in [-0.25, -0.2) is 15.0 Å². The Labute approximate surface area is 341 Å². The third-order valence-corrected chi connectivity index (χ3v) is 11.2. The lowest BCUT2D eigenvalue weighted by atomic mass is 9.95. The number of benzene rings is 9. The predicted octanol–water partition coefficient (Wildman–Crippen LogP) is 14.6. The van der Waals surface area contributed by atoms with Gasteiger partial charge in [0.1, 0.15) is 11.2 Å². The standard InChI is InChI=1S/C55H35N3O/c1-4-14-36(15-5-1)41-20-10-21-42(34-41)37-28-30-39(31-29-37)45-23-13-27-50-52(45)49-33-32-43(35-51(49)59-50)54-56-53(40-18-8-3-9-19-40)57-55(58-54)48-26-12-24-46-44(22-11-25-47(46)48)38-16-6-2-7-17-38/h1-35H. The molecule has 9 aromatic carbocycles. The van der Waals surface area contributed by atoms with Crippen molar-refractivity contribution in [2.24, 2.45) is 0 Å². The number of aromatic nitrogens is 3. The van der Waals surface area contributed by atoms with E-state index in [1.165, 1.54) is 33.4 Å². The van der Waals surface area contributed by atoms with Crippen LogP contribution in [0.5, 0.6) is 0 Å². The summed E-state index contributed by atoms with van der Waals surface area (Å²) >= 11 is 0. The molecule has 11 rings (SSSR count). The molecule has 0 amide bonds. The van der Waals surface area contributed by atoms with Gasteiger partial charge in [0.15, 0.2) is 17.5 Å². The van der Waals surface area contributed by atoms with Gasteiger partial charge in [0, 0.05) is 27.5 Å². The number of hydrogen-bond acceptors (Lipinski definition) is 4. The Morgan fingerprint density at radius 3 is 1.44 bits per heavy atom. The van der Waals surface area contributed by atoms with E-state index in [0.717, 1.165) is 60.5 Å². The molecule has 276 valence electrons. The minimum Gasteiger partial charge on any atom is -0.456 e. The number of furan rings is 1. The molecule has 0 aliphatic carbocycles. The molecule has 11 aromatic rings. The molecule has 59 heavy (non-hydrogen) atoms. The average molecular weight is 754 g/mol. The SMILES string of the molecule is c1ccc(-c2cccc(-c3ccc(-c4cccc5oc6cc(-c7nc(-c8ccccc8)nc(-c8cccc9c(-c%10ccccc%10)cccc89)n7)ccc6c45)cc3)c2)cc1. The van der Waals surface area contributed by atoms with Crippen molar-refractivity contribution in [2.45, 2.75) is 0 Å². The fourth-order valence-corrected chi connectivity index (χ4v) is 8.27. The van der Waals surface area contributed by atoms with E-state index in [0.29, 0.717) is 17.5 Å². The van der Waals surface area contributed by atoms with E-state index in [9.17, 15) is 0 Å². The summed E-state index contributed by atoms with van der Waals surface area (Å²) in [4.78, 5) is 15.3. The van der Waals surface area contributed by atoms with E-state index in [-0.39, 0.29) is 0 Å². The molecule has 0 unspecified atom stereocenters. The van der Waals surface area contributed by atoms with Crippen LogP contribution in [0.25, 0.3) is 111 Å². The van der Waals surface area contributed by atoms with Crippen molar-refractivity contribution in [3.8, 4) is 78.7 Å². The molecule has 0 radical (unpaired) electrons. The van der Waals surface area contributed by atoms with E-state index in [2.05, 4.69) is 170 Å². The quantitative estimate of drug-likeness (QED) is 0.163. The van der Waals surface area contributed by atoms with Crippen LogP contribution in [0.2, 0.25) is 0 Å². The summed E-state index contributed by atoms with van der Waals surface area (Å²) in [5.74, 6) is 1.82. The van der Waals surface area contributed by atoms with Gasteiger partial charge in [0.25, 0.3) is 0 Å². The normalized spacial score (nSPS) is 11.4. The summed E-state index contributed by atoms with van der Waals surface area (Å²) in [6, 6.07) is 74.0. The molecule has 0 spiro atoms. The molecule has 0 fully saturated rings. The first-order valence-electron chi connectivity index (χ1n) is 19.8. The molecule has 0 N–H and O–H groups in total. The molecule has 0 saturated heterocycles. The van der Waals surface area contributed by atoms with E-state index < -0.39 is 0 Å². The van der Waals surface area contributed by atoms with Crippen LogP contribution in [-0.2, 0) is 0 Å². The Morgan fingerprint density at radius 1 is 0.254 bits per heavy atom. The van der Waals surface area contributed by atoms with Crippen LogP contribution >= 0.6 is 0 Å². The predicted molar refractivity (Wildman–Crippen MR) is 243 cm³/mol. The zero-order valence-corrected chi connectivity index (χ0v) is 32.0. The first kappa shape index (κ1) is 34.3. The summed E-state index contributed by atoms with van der Waals surface area (Å²) in [7, 11) is 0. The fourth-order valence-electron chi connectivity index (χ4n) is 8.27. The van der Waals surface area contributed by atoms with Gasteiger partial charge in [-0.2, -0.15) is 0 Å². The molecule has 4 heteroatoms. The number of hydrogen-bond donors (Lipinski definition) is 0. The lowest BCUT2D eigenvalue weighted by molar-refractivity contribution is 0.669. The van der Waals surface area contributed by atoms with Crippen LogP contribution in [0.15, 0.2) is 217 Å². The highest BCUT2D eigenvalue weighted by Gasteiger charge is 2.18. The monoisotopic (exact) mass is 753 g/mol. The maximum atomic E-state index is 6.60. The van der Waals surface area contributed by atoms with Gasteiger partial charge in [0.05, 0.1) is 0 Å². The van der Waals surface area contributed by atoms with Gasteiger partial charge in [-0.05, 0) is 79.5 Å². The Hall–Kier alpha value is -7.95. The molecule has 0 saturated carbocycles. The maximum Gasteiger partial charge on any atom is 0.164 e. The van der Waals surface area contributed by atoms with Gasteiger partial charge >= 0.3 is 0 Å². The van der Waals surface area contributed by atoms with Gasteiger partial charge in [-0.3, -0.25) is 0 Å². The maximum absolute atomic E-state index is 6.60. The first-order valence-corrected chi connectivity index (χ1v) is 19.8. The summed E-state index contributed by atoms with van der Waals surface area (Å²) in [6.45, 7) is 0. The highest BCUT2D eigenvalue weighted by Crippen LogP contribution is 2.40. The molecule has 0 atom stereocenters. The topological polar surface area (TPSA) is 51.8 Å². The smallest absolute Gasteiger partial charge is 0.164 e. The zero-order valence-electron chi connectivity index (χ0n) is 32.0. The second kappa shape index (κ2) is 14.5. The molecule has 0 aliphatic heterocycles. The van der Waals surface area contributed by atoms with Crippen molar-refractivity contribution in [1.82, 2.24) is 15.0 Å². The molecular weight excluding hydrogens is 719 g/mol. The third kappa shape index (κ3) is 6.34. The van der Waals surface area contributed by atoms with Crippen LogP contribution in [0.3, 0.4) is 0 Å². The Balaban J connectivity index is 0.994. The van der Waals surface area contributed by atoms with Crippen LogP contribution in [0, 0.1) is 0 Å². The number of nitrogens with zero attached hydrogens (tertiary/aromatic N) is 3. The van der Waals surface area contributed by atoms with Crippen LogP contribution in [0.1, 0.15) is 0 Å². The highest BCUT2D eigenvalue weighted by atomic mass is 16.3. The van der Waals surface area contributed by atoms with Gasteiger partial charge < -0.3 is 4.42 Å². The van der Waals surface area contributed by atoms with Crippen LogP contribution < -0.4 is 0 Å². The summed E-state index contributed by atoms with van der Waals surface area (Å²) in [5, 5.41) is 4.35. The van der Waals surface area contributed by atoms with Crippen molar-refractivity contribution < 1.29 is 4.42 Å². The first-order chi connectivity index (χ1) is 29.2. The minimum atomic E-state index is 0.583. The van der Waals surface area contributed by atoms with E-state index >= 15 is 0 Å². The second-order valence-electron chi connectivity index (χ2n) is 14.8. The summed E-state index contributed by atoms with van der Waals surface area (Å²) in [6.07, 6.45) is 0. The van der Waals surface area contributed by atoms with Crippen molar-refractivity contribution in [3.05, 3.63) is 212 Å². The third-order valence-electron chi connectivity index (χ3n) is 11.2. The summed E-state index contributed by atoms with van der Waals surface area (Å²) < 4.78 is 6.60. The average Bonchev–Trinajstić information content (AvgIpc) is 3.70. The molecule has 2 aromatic heterocycles. The Bertz CT molecular complexity index is 3300. The van der Waals surface area contributed by atoms with Crippen molar-refractivity contribution in [2.75, 3.05) is 0 Å². The lowest BCUT2D eigenvalue weighted by Crippen LogP contribution is -2.00. The molecule has 4 nitrogen and oxygen atoms in total. The second-order valence-corrected chi connectivity index (χ2v) is 14.8. The molecule has 2 heterocycles. The minimum absolute atomic E-state index is 0.583. The van der Waals surface area contributed by atoms with Crippen molar-refractivity contribution in [1.29, 1.82) is 0 Å². The van der Waals surface area contributed by atoms with Gasteiger partial charge in [-0.1, -0.05) is 188 Å². The van der Waals surface area contributed by atoms with Crippen molar-refractivity contribution >= 4 is 32.7 Å². The molecular formula is C55H35N3O. The number of rotatable bonds is 7. The molecule has 0 bridgehead atoms. The van der Waals surface area contributed by atoms with E-state index in [4.69, 9.17) is 19.4 Å². The zero-order chi connectivity index (χ0) is 39.1. The van der Waals surface area contributed by atoms with Crippen LogP contribution in [0.4, 0.5) is 0 Å². The summed E-state index contributed by atoms with van der Waals surface area (Å²) in [5.41, 5.74) is 13.7. The highest BCUT2D eigenvalue weighted by molar-refractivity contribution is 6.13. The van der Waals surface area contributed by atoms with E-state index in [1.54, 1.807) is 0 Å². The lowest BCUT2D eigenvalue weighted by Gasteiger charge is -2.12. The van der Waals surface area contributed by atoms with Gasteiger partial charge in [0.2, 0.25) is 0 Å². The number of fused-ring (bicyclic) bond motifs is 4. The van der Waals surface area contributed by atoms with Crippen molar-refractivity contribution in [3.63, 3.8) is 0 Å². The Morgan fingerprint density at radius 2 is 0.729 bits per heavy atom. The Kier molecular flexibility index (Phi) is 8.45. The fraction of sp³-hybridized carbons (Fsp3) is 0.